The molecule has 0 radical (unpaired) electrons. The Balaban J connectivity index is 1.67. The molecule has 2 atom stereocenters. The highest BCUT2D eigenvalue weighted by Crippen LogP contribution is 2.33. The molecule has 1 aliphatic rings. The molecule has 1 N–H and O–H groups in total. The maximum absolute atomic E-state index is 6.08. The van der Waals surface area contributed by atoms with Crippen LogP contribution in [0.5, 0.6) is 11.5 Å². The van der Waals surface area contributed by atoms with Crippen molar-refractivity contribution in [2.24, 2.45) is 11.8 Å². The van der Waals surface area contributed by atoms with Gasteiger partial charge in [-0.05, 0) is 48.6 Å². The first-order valence-electron chi connectivity index (χ1n) is 8.83. The highest BCUT2D eigenvalue weighted by atomic mass is 16.5. The number of benzene rings is 2. The highest BCUT2D eigenvalue weighted by molar-refractivity contribution is 5.67. The van der Waals surface area contributed by atoms with E-state index in [0.717, 1.165) is 42.7 Å². The fraction of sp³-hybridized carbons (Fsp3) is 0.429. The van der Waals surface area contributed by atoms with Gasteiger partial charge in [-0.15, -0.1) is 0 Å². The maximum atomic E-state index is 6.08. The number of nitrogens with one attached hydrogen (secondary N) is 1. The zero-order valence-corrected chi connectivity index (χ0v) is 14.6. The van der Waals surface area contributed by atoms with Crippen molar-refractivity contribution in [3.8, 4) is 22.6 Å². The molecule has 3 rings (SSSR count). The normalized spacial score (nSPS) is 21.1. The molecule has 0 aliphatic carbocycles. The van der Waals surface area contributed by atoms with E-state index in [2.05, 4.69) is 36.5 Å². The van der Waals surface area contributed by atoms with E-state index in [1.165, 1.54) is 18.4 Å². The molecule has 0 spiro atoms. The Labute approximate surface area is 145 Å². The topological polar surface area (TPSA) is 30.5 Å². The summed E-state index contributed by atoms with van der Waals surface area (Å²) in [6, 6.07) is 16.5. The lowest BCUT2D eigenvalue weighted by Gasteiger charge is -2.17. The number of ether oxygens (including phenoxy) is 2. The minimum absolute atomic E-state index is 0.563. The van der Waals surface area contributed by atoms with Gasteiger partial charge < -0.3 is 14.8 Å². The van der Waals surface area contributed by atoms with Gasteiger partial charge in [0.25, 0.3) is 0 Å². The fourth-order valence-corrected chi connectivity index (χ4v) is 3.21. The Hall–Kier alpha value is -2.00. The summed E-state index contributed by atoms with van der Waals surface area (Å²) in [5.41, 5.74) is 2.33. The van der Waals surface area contributed by atoms with Crippen molar-refractivity contribution in [2.45, 2.75) is 19.8 Å². The van der Waals surface area contributed by atoms with Crippen molar-refractivity contribution in [1.29, 1.82) is 0 Å². The summed E-state index contributed by atoms with van der Waals surface area (Å²) in [6.45, 7) is 5.20. The van der Waals surface area contributed by atoms with E-state index in [1.54, 1.807) is 7.11 Å². The van der Waals surface area contributed by atoms with E-state index in [-0.39, 0.29) is 0 Å². The SMILES string of the molecule is COc1cc(-c2ccccc2)ccc1OCC1CCC(C)CNC1. The van der Waals surface area contributed by atoms with Crippen LogP contribution in [-0.2, 0) is 0 Å². The van der Waals surface area contributed by atoms with Crippen LogP contribution >= 0.6 is 0 Å². The van der Waals surface area contributed by atoms with Crippen molar-refractivity contribution in [3.63, 3.8) is 0 Å². The summed E-state index contributed by atoms with van der Waals surface area (Å²) in [5, 5.41) is 3.53. The molecule has 24 heavy (non-hydrogen) atoms. The van der Waals surface area contributed by atoms with E-state index in [0.29, 0.717) is 5.92 Å². The molecule has 0 aromatic heterocycles. The molecule has 1 fully saturated rings. The molecule has 1 heterocycles. The molecule has 0 saturated carbocycles. The molecule has 2 unspecified atom stereocenters. The third kappa shape index (κ3) is 4.30. The van der Waals surface area contributed by atoms with Crippen LogP contribution in [0.4, 0.5) is 0 Å². The second kappa shape index (κ2) is 8.20. The molecule has 2 aromatic rings. The summed E-state index contributed by atoms with van der Waals surface area (Å²) in [4.78, 5) is 0. The van der Waals surface area contributed by atoms with Crippen LogP contribution in [0.1, 0.15) is 19.8 Å². The van der Waals surface area contributed by atoms with Gasteiger partial charge in [0.15, 0.2) is 11.5 Å². The Bertz CT molecular complexity index is 642. The molecule has 0 bridgehead atoms. The van der Waals surface area contributed by atoms with Gasteiger partial charge in [0, 0.05) is 12.5 Å². The molecule has 128 valence electrons. The van der Waals surface area contributed by atoms with Crippen LogP contribution in [0.15, 0.2) is 48.5 Å². The summed E-state index contributed by atoms with van der Waals surface area (Å²) >= 11 is 0. The second-order valence-corrected chi connectivity index (χ2v) is 6.75. The summed E-state index contributed by atoms with van der Waals surface area (Å²) in [6.07, 6.45) is 2.49. The van der Waals surface area contributed by atoms with Crippen molar-refractivity contribution in [2.75, 3.05) is 26.8 Å². The van der Waals surface area contributed by atoms with Crippen molar-refractivity contribution in [1.82, 2.24) is 5.32 Å². The van der Waals surface area contributed by atoms with Crippen LogP contribution in [0.25, 0.3) is 11.1 Å². The van der Waals surface area contributed by atoms with Gasteiger partial charge in [0.05, 0.1) is 13.7 Å². The van der Waals surface area contributed by atoms with Crippen molar-refractivity contribution in [3.05, 3.63) is 48.5 Å². The standard InChI is InChI=1S/C21H27NO2/c1-16-8-9-17(14-22-13-16)15-24-20-11-10-19(12-21(20)23-2)18-6-4-3-5-7-18/h3-7,10-12,16-17,22H,8-9,13-15H2,1-2H3. The monoisotopic (exact) mass is 325 g/mol. The van der Waals surface area contributed by atoms with Crippen molar-refractivity contribution >= 4 is 0 Å². The Kier molecular flexibility index (Phi) is 5.76. The molecule has 1 saturated heterocycles. The number of rotatable bonds is 5. The zero-order chi connectivity index (χ0) is 16.8. The van der Waals surface area contributed by atoms with E-state index in [4.69, 9.17) is 9.47 Å². The molecule has 3 nitrogen and oxygen atoms in total. The second-order valence-electron chi connectivity index (χ2n) is 6.75. The van der Waals surface area contributed by atoms with Gasteiger partial charge in [-0.3, -0.25) is 0 Å². The van der Waals surface area contributed by atoms with E-state index < -0.39 is 0 Å². The lowest BCUT2D eigenvalue weighted by molar-refractivity contribution is 0.230. The smallest absolute Gasteiger partial charge is 0.161 e. The minimum Gasteiger partial charge on any atom is -0.493 e. The lowest BCUT2D eigenvalue weighted by atomic mass is 10.00. The highest BCUT2D eigenvalue weighted by Gasteiger charge is 2.17. The van der Waals surface area contributed by atoms with E-state index in [9.17, 15) is 0 Å². The third-order valence-corrected chi connectivity index (χ3v) is 4.74. The van der Waals surface area contributed by atoms with Gasteiger partial charge in [0.2, 0.25) is 0 Å². The molecule has 0 amide bonds. The molecular formula is C21H27NO2. The van der Waals surface area contributed by atoms with Gasteiger partial charge in [-0.25, -0.2) is 0 Å². The van der Waals surface area contributed by atoms with Crippen LogP contribution in [0.2, 0.25) is 0 Å². The van der Waals surface area contributed by atoms with Crippen LogP contribution in [0, 0.1) is 11.8 Å². The molecule has 2 aromatic carbocycles. The summed E-state index contributed by atoms with van der Waals surface area (Å²) < 4.78 is 11.6. The Morgan fingerprint density at radius 1 is 0.958 bits per heavy atom. The largest absolute Gasteiger partial charge is 0.493 e. The average Bonchev–Trinajstić information content (AvgIpc) is 2.85. The summed E-state index contributed by atoms with van der Waals surface area (Å²) in [5.74, 6) is 2.95. The van der Waals surface area contributed by atoms with Crippen molar-refractivity contribution < 1.29 is 9.47 Å². The predicted molar refractivity (Wildman–Crippen MR) is 98.7 cm³/mol. The zero-order valence-electron chi connectivity index (χ0n) is 14.6. The molecular weight excluding hydrogens is 298 g/mol. The fourth-order valence-electron chi connectivity index (χ4n) is 3.21. The van der Waals surface area contributed by atoms with Crippen LogP contribution < -0.4 is 14.8 Å². The number of methoxy groups -OCH3 is 1. The third-order valence-electron chi connectivity index (χ3n) is 4.74. The van der Waals surface area contributed by atoms with Gasteiger partial charge in [0.1, 0.15) is 0 Å². The lowest BCUT2D eigenvalue weighted by Crippen LogP contribution is -2.26. The van der Waals surface area contributed by atoms with E-state index >= 15 is 0 Å². The van der Waals surface area contributed by atoms with Crippen LogP contribution in [0.3, 0.4) is 0 Å². The quantitative estimate of drug-likeness (QED) is 0.885. The van der Waals surface area contributed by atoms with Gasteiger partial charge >= 0.3 is 0 Å². The average molecular weight is 325 g/mol. The Morgan fingerprint density at radius 3 is 2.58 bits per heavy atom. The first-order valence-corrected chi connectivity index (χ1v) is 8.83. The predicted octanol–water partition coefficient (Wildman–Crippen LogP) is 4.38. The molecule has 1 aliphatic heterocycles. The number of hydrogen-bond acceptors (Lipinski definition) is 3. The van der Waals surface area contributed by atoms with Crippen LogP contribution in [-0.4, -0.2) is 26.8 Å². The number of hydrogen-bond donors (Lipinski definition) is 1. The summed E-state index contributed by atoms with van der Waals surface area (Å²) in [7, 11) is 1.70. The first-order chi connectivity index (χ1) is 11.8. The van der Waals surface area contributed by atoms with Gasteiger partial charge in [-0.1, -0.05) is 43.3 Å². The maximum Gasteiger partial charge on any atom is 0.161 e. The van der Waals surface area contributed by atoms with E-state index in [1.807, 2.05) is 24.3 Å². The first kappa shape index (κ1) is 16.8. The van der Waals surface area contributed by atoms with Gasteiger partial charge in [-0.2, -0.15) is 0 Å². The Morgan fingerprint density at radius 2 is 1.79 bits per heavy atom. The minimum atomic E-state index is 0.563. The molecule has 3 heteroatoms.